The lowest BCUT2D eigenvalue weighted by Crippen LogP contribution is -2.36. The van der Waals surface area contributed by atoms with Crippen LogP contribution in [0.15, 0.2) is 55.4 Å². The smallest absolute Gasteiger partial charge is 0.170 e. The third-order valence-corrected chi connectivity index (χ3v) is 4.43. The summed E-state index contributed by atoms with van der Waals surface area (Å²) in [5.74, 6) is 0.736. The Kier molecular flexibility index (Phi) is 6.14. The maximum absolute atomic E-state index is 5.75. The van der Waals surface area contributed by atoms with Crippen LogP contribution in [0, 0.1) is 0 Å². The first-order valence-corrected chi connectivity index (χ1v) is 8.97. The molecule has 1 atom stereocenters. The zero-order valence-electron chi connectivity index (χ0n) is 15.9. The van der Waals surface area contributed by atoms with Crippen molar-refractivity contribution in [1.29, 1.82) is 0 Å². The molecule has 1 aromatic heterocycles. The maximum atomic E-state index is 5.75. The number of aromatic nitrogens is 2. The van der Waals surface area contributed by atoms with Crippen LogP contribution in [0.1, 0.15) is 5.56 Å². The van der Waals surface area contributed by atoms with E-state index in [1.807, 2.05) is 11.9 Å². The van der Waals surface area contributed by atoms with Crippen molar-refractivity contribution in [3.05, 3.63) is 61.0 Å². The van der Waals surface area contributed by atoms with Crippen molar-refractivity contribution in [2.24, 2.45) is 0 Å². The van der Waals surface area contributed by atoms with Gasteiger partial charge in [0.15, 0.2) is 13.7 Å². The minimum Gasteiger partial charge on any atom is -0.378 e. The number of hydrogen-bond donors (Lipinski definition) is 2. The number of likely N-dealkylation sites (N-methyl/N-ethyl adjacent to an activating group) is 1. The van der Waals surface area contributed by atoms with Crippen LogP contribution in [-0.2, 0) is 6.54 Å². The Hall–Kier alpha value is -2.80. The van der Waals surface area contributed by atoms with Crippen LogP contribution in [0.2, 0.25) is 0 Å². The van der Waals surface area contributed by atoms with Crippen LogP contribution in [0.4, 0.5) is 17.2 Å². The van der Waals surface area contributed by atoms with Crippen molar-refractivity contribution in [2.45, 2.75) is 12.6 Å². The van der Waals surface area contributed by atoms with E-state index in [1.165, 1.54) is 5.56 Å². The molecule has 0 fully saturated rings. The van der Waals surface area contributed by atoms with Crippen molar-refractivity contribution < 1.29 is 0 Å². The second kappa shape index (κ2) is 8.73. The summed E-state index contributed by atoms with van der Waals surface area (Å²) in [6.45, 7) is 6.42. The van der Waals surface area contributed by atoms with E-state index in [0.717, 1.165) is 30.3 Å². The van der Waals surface area contributed by atoms with Gasteiger partial charge in [0.25, 0.3) is 0 Å². The molecule has 3 rings (SSSR count). The van der Waals surface area contributed by atoms with E-state index < -0.39 is 0 Å². The number of rotatable bonds is 7. The molecule has 2 heterocycles. The fourth-order valence-corrected chi connectivity index (χ4v) is 3.13. The molecule has 138 valence electrons. The summed E-state index contributed by atoms with van der Waals surface area (Å²) in [6.07, 6.45) is 7.70. The van der Waals surface area contributed by atoms with E-state index in [0.29, 0.717) is 12.6 Å². The molecule has 2 N–H and O–H groups in total. The second-order valence-corrected chi connectivity index (χ2v) is 6.77. The van der Waals surface area contributed by atoms with Crippen LogP contribution in [0.5, 0.6) is 0 Å². The summed E-state index contributed by atoms with van der Waals surface area (Å²) in [6, 6.07) is 8.82. The molecular formula is C20H25BN6. The quantitative estimate of drug-likeness (QED) is 0.580. The van der Waals surface area contributed by atoms with Crippen LogP contribution < -0.4 is 21.3 Å². The third kappa shape index (κ3) is 5.11. The fraction of sp³-hybridized carbons (Fsp3) is 0.300. The highest BCUT2D eigenvalue weighted by molar-refractivity contribution is 6.29. The van der Waals surface area contributed by atoms with E-state index in [-0.39, 0.29) is 5.72 Å². The molecule has 6 nitrogen and oxygen atoms in total. The van der Waals surface area contributed by atoms with Crippen molar-refractivity contribution in [3.63, 3.8) is 0 Å². The lowest BCUT2D eigenvalue weighted by molar-refractivity contribution is 0.353. The van der Waals surface area contributed by atoms with Gasteiger partial charge in [-0.15, -0.1) is 0 Å². The molecule has 1 aliphatic rings. The van der Waals surface area contributed by atoms with Crippen molar-refractivity contribution in [1.82, 2.24) is 14.9 Å². The SMILES string of the molecule is [B]c1ncc(NC=C)c(N(C)Cc2ccc(NC3C=CCN(C)C3)cc2)n1. The van der Waals surface area contributed by atoms with Crippen LogP contribution in [-0.4, -0.2) is 55.9 Å². The Morgan fingerprint density at radius 2 is 2.15 bits per heavy atom. The van der Waals surface area contributed by atoms with E-state index >= 15 is 0 Å². The van der Waals surface area contributed by atoms with E-state index in [4.69, 9.17) is 7.85 Å². The Morgan fingerprint density at radius 1 is 1.37 bits per heavy atom. The molecule has 1 unspecified atom stereocenters. The predicted molar refractivity (Wildman–Crippen MR) is 114 cm³/mol. The molecule has 0 saturated heterocycles. The highest BCUT2D eigenvalue weighted by Gasteiger charge is 2.13. The maximum Gasteiger partial charge on any atom is 0.170 e. The van der Waals surface area contributed by atoms with Gasteiger partial charge >= 0.3 is 0 Å². The summed E-state index contributed by atoms with van der Waals surface area (Å²) in [4.78, 5) is 12.7. The number of nitrogens with one attached hydrogen (secondary N) is 2. The molecule has 0 spiro atoms. The minimum absolute atomic E-state index is 0.247. The van der Waals surface area contributed by atoms with E-state index in [1.54, 1.807) is 12.4 Å². The Morgan fingerprint density at radius 3 is 2.85 bits per heavy atom. The number of hydrogen-bond acceptors (Lipinski definition) is 6. The number of anilines is 3. The molecule has 7 heteroatoms. The average Bonchev–Trinajstić information content (AvgIpc) is 2.65. The van der Waals surface area contributed by atoms with Gasteiger partial charge in [-0.25, -0.2) is 4.98 Å². The van der Waals surface area contributed by atoms with Crippen LogP contribution in [0.3, 0.4) is 0 Å². The molecule has 27 heavy (non-hydrogen) atoms. The van der Waals surface area contributed by atoms with Gasteiger partial charge in [-0.3, -0.25) is 4.98 Å². The highest BCUT2D eigenvalue weighted by Crippen LogP contribution is 2.22. The molecule has 2 aromatic rings. The molecule has 1 aromatic carbocycles. The largest absolute Gasteiger partial charge is 0.378 e. The van der Waals surface area contributed by atoms with Gasteiger partial charge in [0, 0.05) is 32.4 Å². The van der Waals surface area contributed by atoms with Gasteiger partial charge < -0.3 is 20.4 Å². The van der Waals surface area contributed by atoms with Crippen molar-refractivity contribution in [3.8, 4) is 0 Å². The van der Waals surface area contributed by atoms with E-state index in [2.05, 4.69) is 75.5 Å². The molecular weight excluding hydrogens is 335 g/mol. The number of benzene rings is 1. The van der Waals surface area contributed by atoms with Crippen LogP contribution >= 0.6 is 0 Å². The van der Waals surface area contributed by atoms with Gasteiger partial charge in [-0.2, -0.15) is 0 Å². The van der Waals surface area contributed by atoms with Crippen LogP contribution in [0.25, 0.3) is 0 Å². The monoisotopic (exact) mass is 360 g/mol. The van der Waals surface area contributed by atoms with E-state index in [9.17, 15) is 0 Å². The summed E-state index contributed by atoms with van der Waals surface area (Å²) in [5.41, 5.74) is 3.32. The molecule has 1 aliphatic heterocycles. The van der Waals surface area contributed by atoms with Gasteiger partial charge in [0.05, 0.1) is 23.6 Å². The lowest BCUT2D eigenvalue weighted by atomic mass is 10.1. The second-order valence-electron chi connectivity index (χ2n) is 6.77. The van der Waals surface area contributed by atoms with Gasteiger partial charge in [-0.05, 0) is 30.9 Å². The highest BCUT2D eigenvalue weighted by atomic mass is 15.2. The first-order chi connectivity index (χ1) is 13.0. The summed E-state index contributed by atoms with van der Waals surface area (Å²) in [7, 11) is 9.86. The van der Waals surface area contributed by atoms with Crippen molar-refractivity contribution in [2.75, 3.05) is 42.7 Å². The summed E-state index contributed by atoms with van der Waals surface area (Å²) < 4.78 is 0. The normalized spacial score (nSPS) is 16.7. The average molecular weight is 360 g/mol. The predicted octanol–water partition coefficient (Wildman–Crippen LogP) is 1.74. The third-order valence-electron chi connectivity index (χ3n) is 4.43. The zero-order valence-corrected chi connectivity index (χ0v) is 15.9. The lowest BCUT2D eigenvalue weighted by Gasteiger charge is -2.26. The zero-order chi connectivity index (χ0) is 19.2. The molecule has 2 radical (unpaired) electrons. The van der Waals surface area contributed by atoms with Crippen molar-refractivity contribution >= 4 is 30.8 Å². The fourth-order valence-electron chi connectivity index (χ4n) is 3.13. The first-order valence-electron chi connectivity index (χ1n) is 8.97. The minimum atomic E-state index is 0.247. The molecule has 0 saturated carbocycles. The van der Waals surface area contributed by atoms with Gasteiger partial charge in [-0.1, -0.05) is 30.9 Å². The molecule has 0 amide bonds. The Bertz CT molecular complexity index is 805. The summed E-state index contributed by atoms with van der Waals surface area (Å²) >= 11 is 0. The Balaban J connectivity index is 1.66. The topological polar surface area (TPSA) is 56.3 Å². The van der Waals surface area contributed by atoms with Gasteiger partial charge in [0.1, 0.15) is 0 Å². The first kappa shape index (κ1) is 19.0. The standard InChI is InChI=1S/C20H25BN6/c1-4-22-18-12-23-20(21)25-19(18)27(3)13-15-7-9-16(10-8-15)24-17-6-5-11-26(2)14-17/h4-10,12,17,22,24H,1,11,13-14H2,2-3H3. The summed E-state index contributed by atoms with van der Waals surface area (Å²) in [5, 5.41) is 6.61. The Labute approximate surface area is 162 Å². The molecule has 0 aliphatic carbocycles. The van der Waals surface area contributed by atoms with Gasteiger partial charge in [0.2, 0.25) is 0 Å². The number of nitrogens with zero attached hydrogens (tertiary/aromatic N) is 4. The molecule has 0 bridgehead atoms.